The van der Waals surface area contributed by atoms with Crippen molar-refractivity contribution in [1.29, 1.82) is 0 Å². The van der Waals surface area contributed by atoms with E-state index < -0.39 is 20.2 Å². The standard InChI is InChI=1S/C29H43N5O5Si/c1-21-19-34(20-38-16-17-40(4,5)6)28-27(21)25(12-14-31-28)39-23-10-8-22(9-11-23)24(32-29(36)37)18-26(35)30-13-7-15-33(2)3/h8-12,14,19,24,32H,7,13,15-18,20H2,1-6H3,(H,30,35)(H,36,37). The Morgan fingerprint density at radius 1 is 1.15 bits per heavy atom. The molecule has 2 heterocycles. The molecule has 3 N–H and O–H groups in total. The molecule has 3 rings (SSSR count). The first-order chi connectivity index (χ1) is 18.9. The van der Waals surface area contributed by atoms with Crippen molar-refractivity contribution < 1.29 is 24.2 Å². The summed E-state index contributed by atoms with van der Waals surface area (Å²) in [5, 5.41) is 15.6. The lowest BCUT2D eigenvalue weighted by atomic mass is 10.0. The smallest absolute Gasteiger partial charge is 0.405 e. The van der Waals surface area contributed by atoms with Crippen LogP contribution in [0.3, 0.4) is 0 Å². The van der Waals surface area contributed by atoms with Gasteiger partial charge in [-0.3, -0.25) is 4.79 Å². The topological polar surface area (TPSA) is 118 Å². The van der Waals surface area contributed by atoms with E-state index in [9.17, 15) is 14.7 Å². The summed E-state index contributed by atoms with van der Waals surface area (Å²) in [5.74, 6) is 1.06. The minimum Gasteiger partial charge on any atom is -0.465 e. The molecule has 0 aliphatic rings. The van der Waals surface area contributed by atoms with Crippen LogP contribution in [0.4, 0.5) is 4.79 Å². The number of ether oxygens (including phenoxy) is 2. The van der Waals surface area contributed by atoms with E-state index in [1.54, 1.807) is 30.5 Å². The average molecular weight is 570 g/mol. The number of hydrogen-bond donors (Lipinski definition) is 3. The van der Waals surface area contributed by atoms with E-state index >= 15 is 0 Å². The van der Waals surface area contributed by atoms with Gasteiger partial charge in [-0.25, -0.2) is 9.78 Å². The molecular weight excluding hydrogens is 526 g/mol. The highest BCUT2D eigenvalue weighted by Crippen LogP contribution is 2.33. The lowest BCUT2D eigenvalue weighted by Crippen LogP contribution is -2.33. The van der Waals surface area contributed by atoms with Gasteiger partial charge in [0.1, 0.15) is 23.9 Å². The maximum Gasteiger partial charge on any atom is 0.405 e. The molecule has 3 aromatic rings. The van der Waals surface area contributed by atoms with Gasteiger partial charge in [-0.05, 0) is 69.4 Å². The fraction of sp³-hybridized carbons (Fsp3) is 0.483. The predicted octanol–water partition coefficient (Wildman–Crippen LogP) is 5.22. The Kier molecular flexibility index (Phi) is 11.1. The second kappa shape index (κ2) is 14.3. The zero-order valence-corrected chi connectivity index (χ0v) is 25.5. The number of carbonyl (C=O) groups excluding carboxylic acids is 1. The normalized spacial score (nSPS) is 12.5. The Morgan fingerprint density at radius 3 is 2.52 bits per heavy atom. The number of carboxylic acid groups (broad SMARTS) is 1. The Morgan fingerprint density at radius 2 is 1.88 bits per heavy atom. The molecule has 218 valence electrons. The van der Waals surface area contributed by atoms with Crippen molar-refractivity contribution in [3.8, 4) is 11.5 Å². The third-order valence-electron chi connectivity index (χ3n) is 6.44. The monoisotopic (exact) mass is 569 g/mol. The highest BCUT2D eigenvalue weighted by atomic mass is 28.3. The molecule has 11 heteroatoms. The first kappa shape index (κ1) is 31.1. The van der Waals surface area contributed by atoms with E-state index in [0.29, 0.717) is 30.3 Å². The van der Waals surface area contributed by atoms with Gasteiger partial charge in [0.2, 0.25) is 5.91 Å². The van der Waals surface area contributed by atoms with Crippen LogP contribution in [0.1, 0.15) is 30.0 Å². The molecule has 2 amide bonds. The summed E-state index contributed by atoms with van der Waals surface area (Å²) in [6.45, 7) is 11.6. The molecular formula is C29H43N5O5Si. The van der Waals surface area contributed by atoms with Crippen molar-refractivity contribution in [3.05, 3.63) is 53.9 Å². The third kappa shape index (κ3) is 9.65. The van der Waals surface area contributed by atoms with Crippen LogP contribution in [0.25, 0.3) is 11.0 Å². The molecule has 0 aliphatic carbocycles. The average Bonchev–Trinajstić information content (AvgIpc) is 3.20. The van der Waals surface area contributed by atoms with Gasteiger partial charge in [0, 0.05) is 33.6 Å². The van der Waals surface area contributed by atoms with Gasteiger partial charge in [-0.15, -0.1) is 0 Å². The van der Waals surface area contributed by atoms with Crippen molar-refractivity contribution in [3.63, 3.8) is 0 Å². The molecule has 0 fully saturated rings. The van der Waals surface area contributed by atoms with Gasteiger partial charge in [-0.1, -0.05) is 31.8 Å². The second-order valence-corrected chi connectivity index (χ2v) is 17.1. The van der Waals surface area contributed by atoms with E-state index in [4.69, 9.17) is 9.47 Å². The Labute approximate surface area is 237 Å². The Bertz CT molecular complexity index is 1270. The van der Waals surface area contributed by atoms with Crippen LogP contribution in [0.15, 0.2) is 42.7 Å². The molecule has 0 bridgehead atoms. The first-order valence-electron chi connectivity index (χ1n) is 13.6. The molecule has 0 saturated carbocycles. The Balaban J connectivity index is 1.68. The number of aryl methyl sites for hydroxylation is 1. The summed E-state index contributed by atoms with van der Waals surface area (Å²) in [6.07, 6.45) is 3.38. The number of nitrogens with zero attached hydrogens (tertiary/aromatic N) is 3. The summed E-state index contributed by atoms with van der Waals surface area (Å²) in [6, 6.07) is 9.36. The quantitative estimate of drug-likeness (QED) is 0.170. The van der Waals surface area contributed by atoms with Crippen molar-refractivity contribution in [2.75, 3.05) is 33.8 Å². The van der Waals surface area contributed by atoms with E-state index in [-0.39, 0.29) is 12.3 Å². The predicted molar refractivity (Wildman–Crippen MR) is 160 cm³/mol. The van der Waals surface area contributed by atoms with Crippen LogP contribution in [-0.2, 0) is 16.3 Å². The number of amides is 2. The largest absolute Gasteiger partial charge is 0.465 e. The molecule has 1 atom stereocenters. The molecule has 10 nitrogen and oxygen atoms in total. The zero-order valence-electron chi connectivity index (χ0n) is 24.5. The second-order valence-electron chi connectivity index (χ2n) is 11.5. The highest BCUT2D eigenvalue weighted by Gasteiger charge is 2.19. The summed E-state index contributed by atoms with van der Waals surface area (Å²) in [7, 11) is 2.79. The molecule has 1 unspecified atom stereocenters. The number of hydrogen-bond acceptors (Lipinski definition) is 6. The van der Waals surface area contributed by atoms with Gasteiger partial charge in [-0.2, -0.15) is 0 Å². The van der Waals surface area contributed by atoms with Crippen LogP contribution < -0.4 is 15.4 Å². The van der Waals surface area contributed by atoms with Crippen LogP contribution in [0.5, 0.6) is 11.5 Å². The minimum absolute atomic E-state index is 0.00612. The number of benzene rings is 1. The Hall–Kier alpha value is -3.41. The highest BCUT2D eigenvalue weighted by molar-refractivity contribution is 6.76. The number of fused-ring (bicyclic) bond motifs is 1. The van der Waals surface area contributed by atoms with Gasteiger partial charge in [0.25, 0.3) is 0 Å². The SMILES string of the molecule is Cc1cn(COCC[Si](C)(C)C)c2nccc(Oc3ccc(C(CC(=O)NCCCN(C)C)NC(=O)O)cc3)c12. The molecule has 2 aromatic heterocycles. The fourth-order valence-corrected chi connectivity index (χ4v) is 5.04. The number of pyridine rings is 1. The van der Waals surface area contributed by atoms with Crippen molar-refractivity contribution in [2.45, 2.75) is 58.2 Å². The third-order valence-corrected chi connectivity index (χ3v) is 8.14. The van der Waals surface area contributed by atoms with Gasteiger partial charge >= 0.3 is 6.09 Å². The van der Waals surface area contributed by atoms with Crippen LogP contribution in [0.2, 0.25) is 25.7 Å². The number of aromatic nitrogens is 2. The van der Waals surface area contributed by atoms with Crippen molar-refractivity contribution >= 4 is 31.1 Å². The summed E-state index contributed by atoms with van der Waals surface area (Å²) in [4.78, 5) is 30.5. The van der Waals surface area contributed by atoms with E-state index in [1.807, 2.05) is 42.7 Å². The van der Waals surface area contributed by atoms with Gasteiger partial charge in [0.15, 0.2) is 0 Å². The lowest BCUT2D eigenvalue weighted by molar-refractivity contribution is -0.121. The number of rotatable bonds is 15. The maximum atomic E-state index is 12.4. The van der Waals surface area contributed by atoms with Crippen molar-refractivity contribution in [1.82, 2.24) is 25.1 Å². The van der Waals surface area contributed by atoms with Crippen LogP contribution in [0, 0.1) is 6.92 Å². The fourth-order valence-electron chi connectivity index (χ4n) is 4.28. The van der Waals surface area contributed by atoms with Crippen molar-refractivity contribution in [2.24, 2.45) is 0 Å². The van der Waals surface area contributed by atoms with E-state index in [1.165, 1.54) is 0 Å². The molecule has 1 aromatic carbocycles. The van der Waals surface area contributed by atoms with Crippen LogP contribution in [-0.4, -0.2) is 73.4 Å². The summed E-state index contributed by atoms with van der Waals surface area (Å²) >= 11 is 0. The summed E-state index contributed by atoms with van der Waals surface area (Å²) < 4.78 is 14.2. The zero-order chi connectivity index (χ0) is 29.3. The first-order valence-corrected chi connectivity index (χ1v) is 17.3. The van der Waals surface area contributed by atoms with Crippen LogP contribution >= 0.6 is 0 Å². The number of nitrogens with one attached hydrogen (secondary N) is 2. The molecule has 0 spiro atoms. The molecule has 0 radical (unpaired) electrons. The van der Waals surface area contributed by atoms with E-state index in [0.717, 1.165) is 42.2 Å². The van der Waals surface area contributed by atoms with Gasteiger partial charge < -0.3 is 34.7 Å². The van der Waals surface area contributed by atoms with Gasteiger partial charge in [0.05, 0.1) is 17.8 Å². The van der Waals surface area contributed by atoms with E-state index in [2.05, 4.69) is 35.3 Å². The molecule has 40 heavy (non-hydrogen) atoms. The maximum absolute atomic E-state index is 12.4. The minimum atomic E-state index is -1.19. The lowest BCUT2D eigenvalue weighted by Gasteiger charge is -2.18. The number of carbonyl (C=O) groups is 2. The molecule has 0 saturated heterocycles. The summed E-state index contributed by atoms with van der Waals surface area (Å²) in [5.41, 5.74) is 2.50. The molecule has 0 aliphatic heterocycles.